The summed E-state index contributed by atoms with van der Waals surface area (Å²) in [5.74, 6) is 2.09. The second kappa shape index (κ2) is 6.19. The summed E-state index contributed by atoms with van der Waals surface area (Å²) >= 11 is 0. The molecule has 84 valence electrons. The molecule has 1 aromatic rings. The number of aryl methyl sites for hydroxylation is 1. The van der Waals surface area contributed by atoms with E-state index < -0.39 is 0 Å². The van der Waals surface area contributed by atoms with Crippen LogP contribution in [0.15, 0.2) is 6.07 Å². The van der Waals surface area contributed by atoms with Gasteiger partial charge in [0, 0.05) is 12.6 Å². The molecule has 1 aromatic heterocycles. The number of ether oxygens (including phenoxy) is 1. The molecule has 0 unspecified atom stereocenters. The Morgan fingerprint density at radius 3 is 2.87 bits per heavy atom. The lowest BCUT2D eigenvalue weighted by molar-refractivity contribution is 0.396. The normalized spacial score (nSPS) is 10.1. The molecule has 0 aliphatic rings. The fourth-order valence-electron chi connectivity index (χ4n) is 1.22. The van der Waals surface area contributed by atoms with Crippen molar-refractivity contribution in [3.63, 3.8) is 0 Å². The number of hydrogen-bond acceptors (Lipinski definition) is 5. The van der Waals surface area contributed by atoms with Gasteiger partial charge in [0.15, 0.2) is 0 Å². The lowest BCUT2D eigenvalue weighted by Crippen LogP contribution is -2.07. The molecule has 0 bridgehead atoms. The number of methoxy groups -OCH3 is 1. The molecule has 0 amide bonds. The number of nitrogens with one attached hydrogen (secondary N) is 1. The molecule has 0 saturated carbocycles. The van der Waals surface area contributed by atoms with Gasteiger partial charge < -0.3 is 15.8 Å². The minimum atomic E-state index is 0.587. The molecule has 15 heavy (non-hydrogen) atoms. The van der Waals surface area contributed by atoms with Crippen molar-refractivity contribution >= 4 is 5.82 Å². The van der Waals surface area contributed by atoms with Crippen molar-refractivity contribution in [1.82, 2.24) is 9.97 Å². The van der Waals surface area contributed by atoms with Crippen LogP contribution in [0.25, 0.3) is 0 Å². The minimum absolute atomic E-state index is 0.587. The van der Waals surface area contributed by atoms with Gasteiger partial charge >= 0.3 is 0 Å². The summed E-state index contributed by atoms with van der Waals surface area (Å²) in [4.78, 5) is 8.35. The minimum Gasteiger partial charge on any atom is -0.481 e. The van der Waals surface area contributed by atoms with E-state index in [1.807, 2.05) is 6.92 Å². The number of rotatable bonds is 6. The van der Waals surface area contributed by atoms with Crippen molar-refractivity contribution in [1.29, 1.82) is 0 Å². The van der Waals surface area contributed by atoms with Crippen LogP contribution in [-0.2, 0) is 0 Å². The van der Waals surface area contributed by atoms with Crippen LogP contribution in [0.2, 0.25) is 0 Å². The predicted molar refractivity (Wildman–Crippen MR) is 60.1 cm³/mol. The monoisotopic (exact) mass is 210 g/mol. The van der Waals surface area contributed by atoms with Gasteiger partial charge in [-0.3, -0.25) is 0 Å². The van der Waals surface area contributed by atoms with E-state index in [2.05, 4.69) is 15.3 Å². The molecular formula is C10H18N4O. The first-order chi connectivity index (χ1) is 7.26. The largest absolute Gasteiger partial charge is 0.481 e. The van der Waals surface area contributed by atoms with Crippen LogP contribution in [0.4, 0.5) is 5.82 Å². The molecule has 0 aromatic carbocycles. The number of nitrogens with two attached hydrogens (primary N) is 1. The second-order valence-corrected chi connectivity index (χ2v) is 3.27. The Labute approximate surface area is 90.1 Å². The standard InChI is InChI=1S/C10H18N4O/c1-8-13-9(7-10(14-8)15-2)12-6-4-3-5-11/h7H,3-6,11H2,1-2H3,(H,12,13,14). The zero-order valence-corrected chi connectivity index (χ0v) is 9.29. The van der Waals surface area contributed by atoms with Crippen LogP contribution in [-0.4, -0.2) is 30.2 Å². The van der Waals surface area contributed by atoms with Crippen molar-refractivity contribution in [3.8, 4) is 5.88 Å². The smallest absolute Gasteiger partial charge is 0.218 e. The van der Waals surface area contributed by atoms with E-state index in [1.54, 1.807) is 13.2 Å². The van der Waals surface area contributed by atoms with Crippen LogP contribution in [0, 0.1) is 6.92 Å². The van der Waals surface area contributed by atoms with E-state index in [0.29, 0.717) is 11.7 Å². The Kier molecular flexibility index (Phi) is 4.83. The average Bonchev–Trinajstić information content (AvgIpc) is 2.23. The highest BCUT2D eigenvalue weighted by Crippen LogP contribution is 2.12. The number of anilines is 1. The summed E-state index contributed by atoms with van der Waals surface area (Å²) in [6.45, 7) is 3.44. The third-order valence-electron chi connectivity index (χ3n) is 1.96. The summed E-state index contributed by atoms with van der Waals surface area (Å²) in [5, 5.41) is 3.21. The van der Waals surface area contributed by atoms with Gasteiger partial charge in [0.1, 0.15) is 11.6 Å². The van der Waals surface area contributed by atoms with Crippen molar-refractivity contribution in [3.05, 3.63) is 11.9 Å². The molecule has 5 heteroatoms. The van der Waals surface area contributed by atoms with Gasteiger partial charge in [-0.2, -0.15) is 4.98 Å². The number of aromatic nitrogens is 2. The topological polar surface area (TPSA) is 73.1 Å². The van der Waals surface area contributed by atoms with Crippen LogP contribution >= 0.6 is 0 Å². The fourth-order valence-corrected chi connectivity index (χ4v) is 1.22. The maximum atomic E-state index is 5.40. The summed E-state index contributed by atoms with van der Waals surface area (Å²) in [6, 6.07) is 1.79. The van der Waals surface area contributed by atoms with E-state index in [0.717, 1.165) is 31.7 Å². The number of unbranched alkanes of at least 4 members (excludes halogenated alkanes) is 1. The molecule has 0 aliphatic carbocycles. The van der Waals surface area contributed by atoms with Crippen LogP contribution in [0.1, 0.15) is 18.7 Å². The lowest BCUT2D eigenvalue weighted by atomic mass is 10.3. The van der Waals surface area contributed by atoms with E-state index >= 15 is 0 Å². The van der Waals surface area contributed by atoms with Gasteiger partial charge in [0.2, 0.25) is 5.88 Å². The van der Waals surface area contributed by atoms with Crippen LogP contribution in [0.3, 0.4) is 0 Å². The van der Waals surface area contributed by atoms with Crippen molar-refractivity contribution in [2.45, 2.75) is 19.8 Å². The lowest BCUT2D eigenvalue weighted by Gasteiger charge is -2.07. The maximum absolute atomic E-state index is 5.40. The number of nitrogens with zero attached hydrogens (tertiary/aromatic N) is 2. The van der Waals surface area contributed by atoms with E-state index in [1.165, 1.54) is 0 Å². The quantitative estimate of drug-likeness (QED) is 0.684. The average molecular weight is 210 g/mol. The van der Waals surface area contributed by atoms with Gasteiger partial charge in [0.25, 0.3) is 0 Å². The van der Waals surface area contributed by atoms with Crippen LogP contribution < -0.4 is 15.8 Å². The summed E-state index contributed by atoms with van der Waals surface area (Å²) in [7, 11) is 1.60. The predicted octanol–water partition coefficient (Wildman–Crippen LogP) is 0.944. The first kappa shape index (κ1) is 11.7. The summed E-state index contributed by atoms with van der Waals surface area (Å²) in [6.07, 6.45) is 2.07. The third-order valence-corrected chi connectivity index (χ3v) is 1.96. The van der Waals surface area contributed by atoms with Crippen molar-refractivity contribution < 1.29 is 4.74 Å². The number of hydrogen-bond donors (Lipinski definition) is 2. The Bertz CT molecular complexity index is 303. The molecule has 0 aliphatic heterocycles. The highest BCUT2D eigenvalue weighted by molar-refractivity contribution is 5.38. The molecule has 1 rings (SSSR count). The molecule has 0 spiro atoms. The van der Waals surface area contributed by atoms with Gasteiger partial charge in [0.05, 0.1) is 7.11 Å². The van der Waals surface area contributed by atoms with Gasteiger partial charge in [-0.1, -0.05) is 0 Å². The molecule has 0 fully saturated rings. The first-order valence-corrected chi connectivity index (χ1v) is 5.10. The van der Waals surface area contributed by atoms with Crippen molar-refractivity contribution in [2.24, 2.45) is 5.73 Å². The molecular weight excluding hydrogens is 192 g/mol. The zero-order chi connectivity index (χ0) is 11.1. The molecule has 5 nitrogen and oxygen atoms in total. The third kappa shape index (κ3) is 4.12. The Morgan fingerprint density at radius 1 is 1.40 bits per heavy atom. The SMILES string of the molecule is COc1cc(NCCCCN)nc(C)n1. The molecule has 1 heterocycles. The Morgan fingerprint density at radius 2 is 2.20 bits per heavy atom. The van der Waals surface area contributed by atoms with E-state index in [-0.39, 0.29) is 0 Å². The van der Waals surface area contributed by atoms with E-state index in [9.17, 15) is 0 Å². The van der Waals surface area contributed by atoms with Gasteiger partial charge in [-0.25, -0.2) is 4.98 Å². The molecule has 0 radical (unpaired) electrons. The second-order valence-electron chi connectivity index (χ2n) is 3.27. The van der Waals surface area contributed by atoms with Crippen LogP contribution in [0.5, 0.6) is 5.88 Å². The zero-order valence-electron chi connectivity index (χ0n) is 9.29. The molecule has 0 atom stereocenters. The molecule has 3 N–H and O–H groups in total. The van der Waals surface area contributed by atoms with Crippen molar-refractivity contribution in [2.75, 3.05) is 25.5 Å². The Hall–Kier alpha value is -1.36. The highest BCUT2D eigenvalue weighted by atomic mass is 16.5. The van der Waals surface area contributed by atoms with E-state index in [4.69, 9.17) is 10.5 Å². The summed E-state index contributed by atoms with van der Waals surface area (Å²) < 4.78 is 5.05. The Balaban J connectivity index is 2.49. The summed E-state index contributed by atoms with van der Waals surface area (Å²) in [5.41, 5.74) is 5.40. The van der Waals surface area contributed by atoms with Gasteiger partial charge in [-0.05, 0) is 26.3 Å². The fraction of sp³-hybridized carbons (Fsp3) is 0.600. The highest BCUT2D eigenvalue weighted by Gasteiger charge is 2.00. The molecule has 0 saturated heterocycles. The van der Waals surface area contributed by atoms with Gasteiger partial charge in [-0.15, -0.1) is 0 Å². The first-order valence-electron chi connectivity index (χ1n) is 5.10. The maximum Gasteiger partial charge on any atom is 0.218 e.